The van der Waals surface area contributed by atoms with Crippen molar-refractivity contribution >= 4 is 10.8 Å². The zero-order valence-electron chi connectivity index (χ0n) is 10.6. The molecule has 1 aliphatic carbocycles. The number of aryl methyl sites for hydroxylation is 2. The van der Waals surface area contributed by atoms with Crippen molar-refractivity contribution in [3.05, 3.63) is 59.7 Å². The quantitative estimate of drug-likeness (QED) is 0.394. The van der Waals surface area contributed by atoms with E-state index in [2.05, 4.69) is 62.4 Å². The molecule has 0 unspecified atom stereocenters. The number of hydrogen-bond acceptors (Lipinski definition) is 0. The molecule has 0 bridgehead atoms. The summed E-state index contributed by atoms with van der Waals surface area (Å²) < 4.78 is 0. The van der Waals surface area contributed by atoms with Crippen LogP contribution in [0.4, 0.5) is 0 Å². The Kier molecular flexibility index (Phi) is 1.78. The van der Waals surface area contributed by atoms with Crippen LogP contribution >= 0.6 is 0 Å². The second-order valence-corrected chi connectivity index (χ2v) is 5.09. The third-order valence-electron chi connectivity index (χ3n) is 4.20. The highest BCUT2D eigenvalue weighted by molar-refractivity contribution is 6.12. The molecule has 0 fully saturated rings. The smallest absolute Gasteiger partial charge is 0.00606 e. The first-order chi connectivity index (χ1) is 8.79. The Morgan fingerprint density at radius 2 is 0.944 bits per heavy atom. The molecule has 0 atom stereocenters. The standard InChI is InChI=1S/C18H14/c1-11-13-7-3-4-8-14(13)12(2)18-16-10-6-5-9-15(16)17(11)18/h3-10H,1-2H3. The van der Waals surface area contributed by atoms with E-state index in [-0.39, 0.29) is 0 Å². The van der Waals surface area contributed by atoms with E-state index >= 15 is 0 Å². The Hall–Kier alpha value is -2.08. The lowest BCUT2D eigenvalue weighted by Gasteiger charge is -2.29. The molecule has 0 saturated heterocycles. The van der Waals surface area contributed by atoms with Crippen molar-refractivity contribution in [1.82, 2.24) is 0 Å². The predicted octanol–water partition coefficient (Wildman–Crippen LogP) is 5.10. The normalized spacial score (nSPS) is 11.9. The lowest BCUT2D eigenvalue weighted by molar-refractivity contribution is 1.40. The van der Waals surface area contributed by atoms with Crippen LogP contribution in [-0.2, 0) is 0 Å². The van der Waals surface area contributed by atoms with Crippen molar-refractivity contribution in [2.24, 2.45) is 0 Å². The van der Waals surface area contributed by atoms with Gasteiger partial charge in [0.2, 0.25) is 0 Å². The largest absolute Gasteiger partial charge is 0.0616 e. The van der Waals surface area contributed by atoms with Crippen LogP contribution < -0.4 is 0 Å². The fraction of sp³-hybridized carbons (Fsp3) is 0.111. The lowest BCUT2D eigenvalue weighted by Crippen LogP contribution is -2.04. The number of benzene rings is 3. The zero-order valence-corrected chi connectivity index (χ0v) is 10.6. The van der Waals surface area contributed by atoms with Gasteiger partial charge in [-0.1, -0.05) is 48.5 Å². The Labute approximate surface area is 107 Å². The molecule has 0 spiro atoms. The molecular formula is C18H14. The molecule has 86 valence electrons. The third kappa shape index (κ3) is 1.01. The zero-order chi connectivity index (χ0) is 12.3. The number of rotatable bonds is 0. The highest BCUT2D eigenvalue weighted by Gasteiger charge is 2.27. The molecule has 3 aromatic carbocycles. The van der Waals surface area contributed by atoms with Gasteiger partial charge in [0.15, 0.2) is 0 Å². The van der Waals surface area contributed by atoms with E-state index in [0.29, 0.717) is 0 Å². The number of fused-ring (bicyclic) bond motifs is 5. The maximum Gasteiger partial charge on any atom is -0.00606 e. The topological polar surface area (TPSA) is 0 Å². The summed E-state index contributed by atoms with van der Waals surface area (Å²) >= 11 is 0. The van der Waals surface area contributed by atoms with Gasteiger partial charge in [-0.25, -0.2) is 0 Å². The van der Waals surface area contributed by atoms with Crippen LogP contribution in [0.15, 0.2) is 48.5 Å². The summed E-state index contributed by atoms with van der Waals surface area (Å²) in [7, 11) is 0. The molecule has 4 rings (SSSR count). The molecule has 0 radical (unpaired) electrons. The van der Waals surface area contributed by atoms with Gasteiger partial charge in [0.1, 0.15) is 0 Å². The fourth-order valence-corrected chi connectivity index (χ4v) is 3.31. The Balaban J connectivity index is 2.21. The second-order valence-electron chi connectivity index (χ2n) is 5.09. The minimum atomic E-state index is 1.39. The molecule has 0 heteroatoms. The van der Waals surface area contributed by atoms with E-state index in [4.69, 9.17) is 0 Å². The van der Waals surface area contributed by atoms with Gasteiger partial charge in [0.25, 0.3) is 0 Å². The first-order valence-electron chi connectivity index (χ1n) is 6.40. The maximum absolute atomic E-state index is 2.25. The van der Waals surface area contributed by atoms with Crippen molar-refractivity contribution in [3.8, 4) is 22.3 Å². The van der Waals surface area contributed by atoms with Gasteiger partial charge in [0, 0.05) is 0 Å². The van der Waals surface area contributed by atoms with Crippen LogP contribution in [0.2, 0.25) is 0 Å². The van der Waals surface area contributed by atoms with Crippen molar-refractivity contribution < 1.29 is 0 Å². The van der Waals surface area contributed by atoms with Crippen LogP contribution in [0.1, 0.15) is 11.1 Å². The average molecular weight is 230 g/mol. The van der Waals surface area contributed by atoms with E-state index in [0.717, 1.165) is 0 Å². The van der Waals surface area contributed by atoms with Crippen LogP contribution in [0.3, 0.4) is 0 Å². The van der Waals surface area contributed by atoms with Crippen LogP contribution in [0.25, 0.3) is 33.0 Å². The van der Waals surface area contributed by atoms with E-state index in [1.807, 2.05) is 0 Å². The van der Waals surface area contributed by atoms with E-state index < -0.39 is 0 Å². The average Bonchev–Trinajstić information content (AvgIpc) is 2.39. The monoisotopic (exact) mass is 230 g/mol. The summed E-state index contributed by atoms with van der Waals surface area (Å²) in [6.45, 7) is 4.49. The second kappa shape index (κ2) is 3.23. The van der Waals surface area contributed by atoms with Gasteiger partial charge in [-0.15, -0.1) is 0 Å². The van der Waals surface area contributed by atoms with Gasteiger partial charge in [-0.05, 0) is 58.0 Å². The first kappa shape index (κ1) is 9.90. The molecule has 0 heterocycles. The van der Waals surface area contributed by atoms with Crippen LogP contribution in [0.5, 0.6) is 0 Å². The van der Waals surface area contributed by atoms with Gasteiger partial charge < -0.3 is 0 Å². The first-order valence-corrected chi connectivity index (χ1v) is 6.40. The van der Waals surface area contributed by atoms with E-state index in [1.165, 1.54) is 44.2 Å². The minimum absolute atomic E-state index is 1.39. The Morgan fingerprint density at radius 3 is 1.39 bits per heavy atom. The SMILES string of the molecule is Cc1c2c(c(C)c3ccccc13)-c1ccccc1-2. The summed E-state index contributed by atoms with van der Waals surface area (Å²) in [4.78, 5) is 0. The summed E-state index contributed by atoms with van der Waals surface area (Å²) in [5, 5.41) is 2.78. The third-order valence-corrected chi connectivity index (χ3v) is 4.20. The molecular weight excluding hydrogens is 216 g/mol. The fourth-order valence-electron chi connectivity index (χ4n) is 3.31. The molecule has 0 amide bonds. The highest BCUT2D eigenvalue weighted by atomic mass is 14.3. The summed E-state index contributed by atoms with van der Waals surface area (Å²) in [5.41, 5.74) is 8.59. The van der Waals surface area contributed by atoms with Crippen LogP contribution in [0, 0.1) is 13.8 Å². The Morgan fingerprint density at radius 1 is 0.556 bits per heavy atom. The minimum Gasteiger partial charge on any atom is -0.0616 e. The van der Waals surface area contributed by atoms with Gasteiger partial charge in [-0.2, -0.15) is 0 Å². The van der Waals surface area contributed by atoms with E-state index in [1.54, 1.807) is 0 Å². The molecule has 3 aromatic rings. The highest BCUT2D eigenvalue weighted by Crippen LogP contribution is 2.52. The van der Waals surface area contributed by atoms with Gasteiger partial charge in [-0.3, -0.25) is 0 Å². The van der Waals surface area contributed by atoms with Crippen molar-refractivity contribution in [1.29, 1.82) is 0 Å². The van der Waals surface area contributed by atoms with Crippen molar-refractivity contribution in [2.45, 2.75) is 13.8 Å². The van der Waals surface area contributed by atoms with Gasteiger partial charge >= 0.3 is 0 Å². The molecule has 0 aliphatic heterocycles. The van der Waals surface area contributed by atoms with Crippen LogP contribution in [-0.4, -0.2) is 0 Å². The molecule has 1 aliphatic rings. The molecule has 18 heavy (non-hydrogen) atoms. The Bertz CT molecular complexity index is 727. The molecule has 0 aromatic heterocycles. The summed E-state index contributed by atoms with van der Waals surface area (Å²) in [6, 6.07) is 17.5. The maximum atomic E-state index is 2.25. The van der Waals surface area contributed by atoms with Crippen molar-refractivity contribution in [3.63, 3.8) is 0 Å². The molecule has 0 N–H and O–H groups in total. The molecule has 0 nitrogen and oxygen atoms in total. The summed E-state index contributed by atoms with van der Waals surface area (Å²) in [5.74, 6) is 0. The van der Waals surface area contributed by atoms with Crippen molar-refractivity contribution in [2.75, 3.05) is 0 Å². The van der Waals surface area contributed by atoms with Gasteiger partial charge in [0.05, 0.1) is 0 Å². The predicted molar refractivity (Wildman–Crippen MR) is 77.9 cm³/mol. The lowest BCUT2D eigenvalue weighted by atomic mass is 9.74. The molecule has 0 saturated carbocycles. The van der Waals surface area contributed by atoms with E-state index in [9.17, 15) is 0 Å². The summed E-state index contributed by atoms with van der Waals surface area (Å²) in [6.07, 6.45) is 0. The number of hydrogen-bond donors (Lipinski definition) is 0.